The van der Waals surface area contributed by atoms with Crippen LogP contribution in [-0.2, 0) is 4.79 Å². The summed E-state index contributed by atoms with van der Waals surface area (Å²) in [5.41, 5.74) is 1.27. The van der Waals surface area contributed by atoms with Gasteiger partial charge in [-0.1, -0.05) is 30.3 Å². The first kappa shape index (κ1) is 25.5. The van der Waals surface area contributed by atoms with E-state index >= 15 is 0 Å². The van der Waals surface area contributed by atoms with Crippen molar-refractivity contribution in [3.63, 3.8) is 0 Å². The number of fused-ring (bicyclic) bond motifs is 1. The molecule has 10 nitrogen and oxygen atoms in total. The summed E-state index contributed by atoms with van der Waals surface area (Å²) in [6, 6.07) is 18.9. The van der Waals surface area contributed by atoms with E-state index < -0.39 is 10.9 Å². The smallest absolute Gasteiger partial charge is 0.335 e. The molecular weight excluding hydrogens is 464 g/mol. The highest BCUT2D eigenvalue weighted by Crippen LogP contribution is 2.18. The van der Waals surface area contributed by atoms with Gasteiger partial charge in [-0.25, -0.2) is 9.78 Å². The minimum absolute atomic E-state index is 0.0460. The summed E-state index contributed by atoms with van der Waals surface area (Å²) in [6.07, 6.45) is 3.98. The minimum atomic E-state index is -1.07. The summed E-state index contributed by atoms with van der Waals surface area (Å²) < 4.78 is 1.38. The lowest BCUT2D eigenvalue weighted by atomic mass is 10.1. The predicted octanol–water partition coefficient (Wildman–Crippen LogP) is 3.87. The van der Waals surface area contributed by atoms with Crippen LogP contribution in [0.2, 0.25) is 0 Å². The zero-order chi connectivity index (χ0) is 26.2. The molecule has 0 atom stereocenters. The van der Waals surface area contributed by atoms with Gasteiger partial charge in [0.2, 0.25) is 6.41 Å². The van der Waals surface area contributed by atoms with Gasteiger partial charge in [0.25, 0.3) is 11.2 Å². The van der Waals surface area contributed by atoms with Crippen LogP contribution in [0.4, 0.5) is 5.69 Å². The molecule has 0 radical (unpaired) electrons. The average Bonchev–Trinajstić information content (AvgIpc) is 2.88. The minimum Gasteiger partial charge on any atom is -0.478 e. The largest absolute Gasteiger partial charge is 0.478 e. The number of aromatic carboxylic acids is 1. The number of para-hydroxylation sites is 1. The first-order chi connectivity index (χ1) is 17.2. The van der Waals surface area contributed by atoms with E-state index in [0.717, 1.165) is 6.41 Å². The van der Waals surface area contributed by atoms with Crippen LogP contribution in [0.25, 0.3) is 28.7 Å². The number of aromatic nitrogens is 2. The van der Waals surface area contributed by atoms with Crippen molar-refractivity contribution in [3.8, 4) is 5.69 Å². The second-order valence-corrected chi connectivity index (χ2v) is 7.73. The van der Waals surface area contributed by atoms with Gasteiger partial charge in [0.15, 0.2) is 0 Å². The molecule has 10 heteroatoms. The summed E-state index contributed by atoms with van der Waals surface area (Å²) >= 11 is 0. The van der Waals surface area contributed by atoms with Gasteiger partial charge >= 0.3 is 5.97 Å². The van der Waals surface area contributed by atoms with Crippen LogP contribution in [-0.4, -0.2) is 51.0 Å². The molecule has 1 amide bonds. The number of hydrogen-bond acceptors (Lipinski definition) is 6. The maximum Gasteiger partial charge on any atom is 0.335 e. The number of carboxylic acid groups (broad SMARTS) is 1. The van der Waals surface area contributed by atoms with Gasteiger partial charge in [-0.15, -0.1) is 0 Å². The Kier molecular flexibility index (Phi) is 8.03. The number of carbonyl (C=O) groups excluding carboxylic acids is 1. The fourth-order valence-corrected chi connectivity index (χ4v) is 3.18. The van der Waals surface area contributed by atoms with Crippen LogP contribution < -0.4 is 5.56 Å². The molecular formula is C26H22N4O6. The van der Waals surface area contributed by atoms with E-state index in [1.54, 1.807) is 62.6 Å². The van der Waals surface area contributed by atoms with E-state index in [4.69, 9.17) is 5.11 Å². The van der Waals surface area contributed by atoms with E-state index in [1.165, 1.54) is 45.9 Å². The third-order valence-corrected chi connectivity index (χ3v) is 4.89. The first-order valence-corrected chi connectivity index (χ1v) is 10.6. The summed E-state index contributed by atoms with van der Waals surface area (Å²) in [5.74, 6) is -0.764. The van der Waals surface area contributed by atoms with Crippen LogP contribution in [0.5, 0.6) is 0 Å². The quantitative estimate of drug-likeness (QED) is 0.248. The first-order valence-electron chi connectivity index (χ1n) is 10.6. The van der Waals surface area contributed by atoms with Crippen molar-refractivity contribution < 1.29 is 19.6 Å². The number of non-ortho nitro benzene ring substituents is 1. The third-order valence-electron chi connectivity index (χ3n) is 4.89. The number of rotatable bonds is 6. The number of hydrogen-bond donors (Lipinski definition) is 1. The SMILES string of the molecule is CN(C)C=O.O=C(O)c1ccc(-n2c(/C=C/c3cccc([N+](=O)[O-])c3)nc3ccccc3c2=O)cc1. The zero-order valence-electron chi connectivity index (χ0n) is 19.4. The number of carbonyl (C=O) groups is 2. The Morgan fingerprint density at radius 3 is 2.31 bits per heavy atom. The number of nitro benzene ring substituents is 1. The summed E-state index contributed by atoms with van der Waals surface area (Å²) in [4.78, 5) is 50.3. The Balaban J connectivity index is 0.000000658. The van der Waals surface area contributed by atoms with Crippen molar-refractivity contribution in [2.75, 3.05) is 14.1 Å². The van der Waals surface area contributed by atoms with Gasteiger partial charge in [0.1, 0.15) is 5.82 Å². The van der Waals surface area contributed by atoms with E-state index in [1.807, 2.05) is 0 Å². The molecule has 0 fully saturated rings. The van der Waals surface area contributed by atoms with Gasteiger partial charge in [-0.05, 0) is 48.0 Å². The fourth-order valence-electron chi connectivity index (χ4n) is 3.18. The predicted molar refractivity (Wildman–Crippen MR) is 136 cm³/mol. The molecule has 0 aliphatic carbocycles. The van der Waals surface area contributed by atoms with Crippen LogP contribution in [0.3, 0.4) is 0 Å². The Hall–Kier alpha value is -5.12. The normalized spacial score (nSPS) is 10.5. The molecule has 0 saturated heterocycles. The fraction of sp³-hybridized carbons (Fsp3) is 0.0769. The van der Waals surface area contributed by atoms with Crippen molar-refractivity contribution in [1.29, 1.82) is 0 Å². The second kappa shape index (κ2) is 11.3. The van der Waals surface area contributed by atoms with Crippen LogP contribution >= 0.6 is 0 Å². The van der Waals surface area contributed by atoms with E-state index in [0.29, 0.717) is 28.0 Å². The standard InChI is InChI=1S/C23H15N3O5.C3H7NO/c27-22-19-6-1-2-7-20(19)24-21(13-8-15-4-3-5-18(14-15)26(30)31)25(22)17-11-9-16(10-12-17)23(28)29;1-4(2)3-5/h1-14H,(H,28,29);3H,1-2H3/b13-8+;. The molecule has 0 bridgehead atoms. The Bertz CT molecular complexity index is 1510. The Morgan fingerprint density at radius 1 is 1.03 bits per heavy atom. The molecule has 4 aromatic rings. The van der Waals surface area contributed by atoms with Crippen molar-refractivity contribution in [1.82, 2.24) is 14.5 Å². The maximum absolute atomic E-state index is 13.2. The number of carboxylic acids is 1. The molecule has 0 saturated carbocycles. The van der Waals surface area contributed by atoms with Gasteiger partial charge in [-0.2, -0.15) is 0 Å². The van der Waals surface area contributed by atoms with Gasteiger partial charge < -0.3 is 10.0 Å². The lowest BCUT2D eigenvalue weighted by Crippen LogP contribution is -2.22. The highest BCUT2D eigenvalue weighted by molar-refractivity contribution is 5.88. The number of nitrogens with zero attached hydrogens (tertiary/aromatic N) is 4. The Labute approximate surface area is 205 Å². The molecule has 0 unspecified atom stereocenters. The molecule has 1 heterocycles. The number of nitro groups is 1. The Morgan fingerprint density at radius 2 is 1.69 bits per heavy atom. The van der Waals surface area contributed by atoms with E-state index in [-0.39, 0.29) is 16.8 Å². The molecule has 36 heavy (non-hydrogen) atoms. The number of benzene rings is 3. The maximum atomic E-state index is 13.2. The molecule has 0 spiro atoms. The van der Waals surface area contributed by atoms with Crippen LogP contribution in [0.15, 0.2) is 77.6 Å². The highest BCUT2D eigenvalue weighted by Gasteiger charge is 2.12. The van der Waals surface area contributed by atoms with Crippen molar-refractivity contribution in [2.24, 2.45) is 0 Å². The molecule has 4 rings (SSSR count). The highest BCUT2D eigenvalue weighted by atomic mass is 16.6. The third kappa shape index (κ3) is 6.06. The summed E-state index contributed by atoms with van der Waals surface area (Å²) in [6.45, 7) is 0. The molecule has 1 N–H and O–H groups in total. The summed E-state index contributed by atoms with van der Waals surface area (Å²) in [7, 11) is 3.38. The van der Waals surface area contributed by atoms with Gasteiger partial charge in [0.05, 0.1) is 27.1 Å². The van der Waals surface area contributed by atoms with Crippen molar-refractivity contribution in [2.45, 2.75) is 0 Å². The average molecular weight is 486 g/mol. The van der Waals surface area contributed by atoms with Crippen molar-refractivity contribution in [3.05, 3.63) is 110 Å². The molecule has 3 aromatic carbocycles. The van der Waals surface area contributed by atoms with Crippen LogP contribution in [0.1, 0.15) is 21.7 Å². The summed E-state index contributed by atoms with van der Waals surface area (Å²) in [5, 5.41) is 20.6. The lowest BCUT2D eigenvalue weighted by Gasteiger charge is -2.11. The van der Waals surface area contributed by atoms with Gasteiger partial charge in [0, 0.05) is 26.2 Å². The second-order valence-electron chi connectivity index (χ2n) is 7.73. The molecule has 182 valence electrons. The molecule has 0 aliphatic heterocycles. The lowest BCUT2D eigenvalue weighted by molar-refractivity contribution is -0.384. The zero-order valence-corrected chi connectivity index (χ0v) is 19.4. The monoisotopic (exact) mass is 486 g/mol. The van der Waals surface area contributed by atoms with Gasteiger partial charge in [-0.3, -0.25) is 24.3 Å². The van der Waals surface area contributed by atoms with E-state index in [2.05, 4.69) is 4.98 Å². The van der Waals surface area contributed by atoms with E-state index in [9.17, 15) is 24.5 Å². The van der Waals surface area contributed by atoms with Crippen LogP contribution in [0, 0.1) is 10.1 Å². The molecule has 0 aliphatic rings. The topological polar surface area (TPSA) is 136 Å². The molecule has 1 aromatic heterocycles. The van der Waals surface area contributed by atoms with Crippen molar-refractivity contribution >= 4 is 41.1 Å². The number of amides is 1.